The summed E-state index contributed by atoms with van der Waals surface area (Å²) in [4.78, 5) is 18.3. The summed E-state index contributed by atoms with van der Waals surface area (Å²) in [7, 11) is 0. The van der Waals surface area contributed by atoms with Gasteiger partial charge in [0.1, 0.15) is 11.6 Å². The summed E-state index contributed by atoms with van der Waals surface area (Å²) >= 11 is 5.67. The summed E-state index contributed by atoms with van der Waals surface area (Å²) in [6.45, 7) is 10.5. The molecule has 2 N–H and O–H groups in total. The Morgan fingerprint density at radius 2 is 1.26 bits per heavy atom. The van der Waals surface area contributed by atoms with Gasteiger partial charge in [0.25, 0.3) is 0 Å². The highest BCUT2D eigenvalue weighted by atomic mass is 32.1. The van der Waals surface area contributed by atoms with Gasteiger partial charge < -0.3 is 10.2 Å². The van der Waals surface area contributed by atoms with Crippen LogP contribution in [0.2, 0.25) is 0 Å². The summed E-state index contributed by atoms with van der Waals surface area (Å²) < 4.78 is 27.6. The molecule has 1 aromatic heterocycles. The van der Waals surface area contributed by atoms with Crippen LogP contribution in [0.1, 0.15) is 39.7 Å². The first-order valence-electron chi connectivity index (χ1n) is 14.2. The first kappa shape index (κ1) is 30.2. The molecule has 2 heterocycles. The van der Waals surface area contributed by atoms with Crippen LogP contribution in [0.15, 0.2) is 77.8 Å². The zero-order valence-electron chi connectivity index (χ0n) is 24.7. The van der Waals surface area contributed by atoms with E-state index in [0.717, 1.165) is 39.3 Å². The summed E-state index contributed by atoms with van der Waals surface area (Å²) in [5, 5.41) is 6.87. The second kappa shape index (κ2) is 13.4. The molecule has 0 radical (unpaired) electrons. The van der Waals surface area contributed by atoms with Gasteiger partial charge in [-0.15, -0.1) is 0 Å². The number of thiocarbonyl (C=S) groups is 1. The minimum atomic E-state index is -0.294. The van der Waals surface area contributed by atoms with Crippen molar-refractivity contribution in [2.75, 3.05) is 36.8 Å². The summed E-state index contributed by atoms with van der Waals surface area (Å²) in [5.41, 5.74) is 6.70. The minimum absolute atomic E-state index is 0.160. The molecule has 0 unspecified atom stereocenters. The van der Waals surface area contributed by atoms with Gasteiger partial charge in [-0.05, 0) is 105 Å². The smallest absolute Gasteiger partial charge is 0.229 e. The van der Waals surface area contributed by atoms with Crippen molar-refractivity contribution in [2.24, 2.45) is 4.99 Å². The second-order valence-corrected chi connectivity index (χ2v) is 11.3. The first-order valence-corrected chi connectivity index (χ1v) is 14.6. The lowest BCUT2D eigenvalue weighted by molar-refractivity contribution is 0.150. The van der Waals surface area contributed by atoms with Crippen molar-refractivity contribution in [3.63, 3.8) is 0 Å². The number of anilines is 2. The molecular weight excluding hydrogens is 564 g/mol. The lowest BCUT2D eigenvalue weighted by Gasteiger charge is -2.40. The van der Waals surface area contributed by atoms with Crippen LogP contribution in [-0.4, -0.2) is 57.0 Å². The molecule has 7 nitrogen and oxygen atoms in total. The number of guanidine groups is 1. The molecule has 0 aliphatic carbocycles. The Hall–Kier alpha value is -4.28. The number of aromatic nitrogens is 2. The molecular formula is C33H35F2N7S. The van der Waals surface area contributed by atoms with Crippen LogP contribution >= 0.6 is 12.2 Å². The second-order valence-electron chi connectivity index (χ2n) is 10.9. The van der Waals surface area contributed by atoms with E-state index in [9.17, 15) is 8.78 Å². The monoisotopic (exact) mass is 599 g/mol. The van der Waals surface area contributed by atoms with Crippen molar-refractivity contribution in [1.82, 2.24) is 19.8 Å². The largest absolute Gasteiger partial charge is 0.340 e. The number of halogens is 2. The number of rotatable bonds is 5. The molecule has 43 heavy (non-hydrogen) atoms. The van der Waals surface area contributed by atoms with Gasteiger partial charge in [-0.1, -0.05) is 30.3 Å². The molecule has 0 bridgehead atoms. The predicted octanol–water partition coefficient (Wildman–Crippen LogP) is 6.56. The number of aliphatic imine (C=N–C) groups is 1. The van der Waals surface area contributed by atoms with Crippen LogP contribution in [0, 0.1) is 39.3 Å². The molecule has 1 saturated heterocycles. The predicted molar refractivity (Wildman–Crippen MR) is 172 cm³/mol. The molecule has 3 aromatic carbocycles. The third kappa shape index (κ3) is 7.97. The van der Waals surface area contributed by atoms with Gasteiger partial charge in [-0.2, -0.15) is 4.99 Å². The maximum absolute atomic E-state index is 13.8. The number of benzene rings is 3. The Labute approximate surface area is 256 Å². The van der Waals surface area contributed by atoms with Crippen LogP contribution in [0.25, 0.3) is 0 Å². The quantitative estimate of drug-likeness (QED) is 0.153. The minimum Gasteiger partial charge on any atom is -0.340 e. The van der Waals surface area contributed by atoms with Crippen molar-refractivity contribution < 1.29 is 8.78 Å². The highest BCUT2D eigenvalue weighted by Crippen LogP contribution is 2.30. The Morgan fingerprint density at radius 3 is 1.77 bits per heavy atom. The number of piperazine rings is 1. The van der Waals surface area contributed by atoms with E-state index in [0.29, 0.717) is 43.2 Å². The van der Waals surface area contributed by atoms with E-state index in [-0.39, 0.29) is 17.7 Å². The van der Waals surface area contributed by atoms with Gasteiger partial charge in [0.05, 0.1) is 6.04 Å². The number of nitrogens with zero attached hydrogens (tertiary/aromatic N) is 5. The van der Waals surface area contributed by atoms with Crippen LogP contribution < -0.4 is 10.6 Å². The molecule has 0 saturated carbocycles. The molecule has 0 amide bonds. The van der Waals surface area contributed by atoms with E-state index in [1.807, 2.05) is 45.9 Å². The van der Waals surface area contributed by atoms with E-state index in [1.165, 1.54) is 24.3 Å². The van der Waals surface area contributed by atoms with Gasteiger partial charge in [0, 0.05) is 43.3 Å². The van der Waals surface area contributed by atoms with Crippen LogP contribution in [0.4, 0.5) is 20.4 Å². The van der Waals surface area contributed by atoms with Crippen molar-refractivity contribution >= 4 is 34.9 Å². The molecule has 0 spiro atoms. The van der Waals surface area contributed by atoms with E-state index in [4.69, 9.17) is 17.2 Å². The lowest BCUT2D eigenvalue weighted by atomic mass is 9.96. The lowest BCUT2D eigenvalue weighted by Crippen LogP contribution is -2.52. The average Bonchev–Trinajstić information content (AvgIpc) is 2.94. The fraction of sp³-hybridized carbons (Fsp3) is 0.273. The fourth-order valence-corrected chi connectivity index (χ4v) is 5.65. The van der Waals surface area contributed by atoms with E-state index in [2.05, 4.69) is 36.5 Å². The Kier molecular flexibility index (Phi) is 9.37. The standard InChI is InChI=1S/C33H35F2N7S/c1-21-17-22(2)19-29(18-21)38-33(43)40-32(39-31-36-23(3)20-24(4)37-31)42-15-13-41(14-16-42)30(25-5-9-27(34)10-6-25)26-7-11-28(35)12-8-26/h5-12,17-20,30H,13-16H2,1-4H3,(H2,36,37,38,39,40,43). The van der Waals surface area contributed by atoms with Crippen LogP contribution in [-0.2, 0) is 0 Å². The SMILES string of the molecule is Cc1cc(C)cc(NC(=S)/N=C(/Nc2nc(C)cc(C)n2)N2CCN(C(c3ccc(F)cc3)c3ccc(F)cc3)CC2)c1. The highest BCUT2D eigenvalue weighted by molar-refractivity contribution is 7.80. The fourth-order valence-electron chi connectivity index (χ4n) is 5.45. The normalized spacial score (nSPS) is 14.2. The Balaban J connectivity index is 1.39. The van der Waals surface area contributed by atoms with Crippen molar-refractivity contribution in [1.29, 1.82) is 0 Å². The van der Waals surface area contributed by atoms with Crippen molar-refractivity contribution in [3.05, 3.63) is 118 Å². The summed E-state index contributed by atoms with van der Waals surface area (Å²) in [6, 6.07) is 20.9. The van der Waals surface area contributed by atoms with Gasteiger partial charge >= 0.3 is 0 Å². The van der Waals surface area contributed by atoms with Crippen molar-refractivity contribution in [2.45, 2.75) is 33.7 Å². The topological polar surface area (TPSA) is 68.7 Å². The van der Waals surface area contributed by atoms with Crippen LogP contribution in [0.5, 0.6) is 0 Å². The molecule has 0 atom stereocenters. The highest BCUT2D eigenvalue weighted by Gasteiger charge is 2.28. The van der Waals surface area contributed by atoms with Crippen molar-refractivity contribution in [3.8, 4) is 0 Å². The third-order valence-corrected chi connectivity index (χ3v) is 7.43. The molecule has 1 fully saturated rings. The number of aryl methyl sites for hydroxylation is 4. The zero-order valence-corrected chi connectivity index (χ0v) is 25.6. The van der Waals surface area contributed by atoms with E-state index >= 15 is 0 Å². The summed E-state index contributed by atoms with van der Waals surface area (Å²) in [5.74, 6) is 0.407. The molecule has 1 aliphatic rings. The van der Waals surface area contributed by atoms with Gasteiger partial charge in [-0.25, -0.2) is 18.7 Å². The zero-order chi connectivity index (χ0) is 30.5. The van der Waals surface area contributed by atoms with Gasteiger partial charge in [-0.3, -0.25) is 10.2 Å². The Morgan fingerprint density at radius 1 is 0.744 bits per heavy atom. The Bertz CT molecular complexity index is 1530. The number of nitrogens with one attached hydrogen (secondary N) is 2. The molecule has 5 rings (SSSR count). The number of hydrogen-bond donors (Lipinski definition) is 2. The molecule has 10 heteroatoms. The van der Waals surface area contributed by atoms with Gasteiger partial charge in [0.2, 0.25) is 17.0 Å². The molecule has 1 aliphatic heterocycles. The molecule has 222 valence electrons. The first-order chi connectivity index (χ1) is 20.6. The van der Waals surface area contributed by atoms with Gasteiger partial charge in [0.15, 0.2) is 0 Å². The maximum atomic E-state index is 13.8. The summed E-state index contributed by atoms with van der Waals surface area (Å²) in [6.07, 6.45) is 0. The maximum Gasteiger partial charge on any atom is 0.229 e. The molecule has 4 aromatic rings. The van der Waals surface area contributed by atoms with E-state index in [1.54, 1.807) is 24.3 Å². The third-order valence-electron chi connectivity index (χ3n) is 7.24. The van der Waals surface area contributed by atoms with E-state index < -0.39 is 0 Å². The average molecular weight is 600 g/mol. The van der Waals surface area contributed by atoms with Crippen LogP contribution in [0.3, 0.4) is 0 Å². The number of hydrogen-bond acceptors (Lipinski definition) is 4.